The van der Waals surface area contributed by atoms with Crippen molar-refractivity contribution in [1.29, 1.82) is 0 Å². The van der Waals surface area contributed by atoms with Crippen LogP contribution < -0.4 is 10.1 Å². The molecular weight excluding hydrogens is 454 g/mol. The number of alkyl carbamates (subject to hydrolysis) is 1. The lowest BCUT2D eigenvalue weighted by atomic mass is 9.98. The highest BCUT2D eigenvalue weighted by molar-refractivity contribution is 5.79. The Morgan fingerprint density at radius 1 is 1.14 bits per heavy atom. The van der Waals surface area contributed by atoms with Crippen molar-refractivity contribution in [2.45, 2.75) is 24.5 Å². The average molecular weight is 479 g/mol. The lowest BCUT2D eigenvalue weighted by molar-refractivity contribution is -0.385. The molecule has 0 aliphatic heterocycles. The summed E-state index contributed by atoms with van der Waals surface area (Å²) in [6, 6.07) is 17.1. The third-order valence-corrected chi connectivity index (χ3v) is 6.00. The number of benzene rings is 2. The van der Waals surface area contributed by atoms with E-state index in [0.29, 0.717) is 0 Å². The molecule has 0 spiro atoms. The Morgan fingerprint density at radius 3 is 2.37 bits per heavy atom. The lowest BCUT2D eigenvalue weighted by Crippen LogP contribution is -2.30. The maximum atomic E-state index is 12.3. The largest absolute Gasteiger partial charge is 0.481 e. The zero-order valence-corrected chi connectivity index (χ0v) is 19.0. The van der Waals surface area contributed by atoms with Crippen LogP contribution in [0.1, 0.15) is 35.1 Å². The monoisotopic (exact) mass is 479 g/mol. The molecule has 2 aromatic carbocycles. The van der Waals surface area contributed by atoms with Gasteiger partial charge >= 0.3 is 6.09 Å². The quantitative estimate of drug-likeness (QED) is 0.313. The van der Waals surface area contributed by atoms with Gasteiger partial charge in [-0.2, -0.15) is 0 Å². The van der Waals surface area contributed by atoms with Crippen LogP contribution in [0.3, 0.4) is 0 Å². The van der Waals surface area contributed by atoms with Gasteiger partial charge in [-0.25, -0.2) is 9.78 Å². The van der Waals surface area contributed by atoms with Gasteiger partial charge < -0.3 is 25.0 Å². The molecule has 0 fully saturated rings. The van der Waals surface area contributed by atoms with Crippen molar-refractivity contribution in [3.63, 3.8) is 0 Å². The minimum Gasteiger partial charge on any atom is -0.481 e. The van der Waals surface area contributed by atoms with E-state index in [1.54, 1.807) is 0 Å². The van der Waals surface area contributed by atoms with Crippen molar-refractivity contribution < 1.29 is 29.4 Å². The van der Waals surface area contributed by atoms with Crippen LogP contribution in [0.4, 0.5) is 10.5 Å². The molecular formula is C25H25N3O7. The van der Waals surface area contributed by atoms with Crippen LogP contribution in [-0.2, 0) is 4.74 Å². The van der Waals surface area contributed by atoms with Crippen LogP contribution in [0.5, 0.6) is 5.88 Å². The maximum Gasteiger partial charge on any atom is 0.407 e. The minimum absolute atomic E-state index is 0.0135. The Bertz CT molecular complexity index is 1190. The van der Waals surface area contributed by atoms with Crippen molar-refractivity contribution in [1.82, 2.24) is 10.3 Å². The molecule has 0 radical (unpaired) electrons. The predicted octanol–water partition coefficient (Wildman–Crippen LogP) is 3.32. The van der Waals surface area contributed by atoms with Crippen LogP contribution in [-0.4, -0.2) is 52.6 Å². The van der Waals surface area contributed by atoms with E-state index in [1.807, 2.05) is 48.5 Å². The van der Waals surface area contributed by atoms with Crippen molar-refractivity contribution >= 4 is 11.8 Å². The Labute approximate surface area is 201 Å². The van der Waals surface area contributed by atoms with E-state index in [-0.39, 0.29) is 42.6 Å². The summed E-state index contributed by atoms with van der Waals surface area (Å²) in [7, 11) is 1.30. The zero-order valence-electron chi connectivity index (χ0n) is 19.0. The predicted molar refractivity (Wildman–Crippen MR) is 126 cm³/mol. The number of amides is 1. The van der Waals surface area contributed by atoms with Gasteiger partial charge in [0, 0.05) is 18.5 Å². The van der Waals surface area contributed by atoms with Gasteiger partial charge in [0.15, 0.2) is 0 Å². The molecule has 3 aromatic rings. The number of aliphatic hydroxyl groups excluding tert-OH is 2. The van der Waals surface area contributed by atoms with Crippen molar-refractivity contribution in [3.8, 4) is 17.0 Å². The number of nitro groups is 1. The second-order valence-corrected chi connectivity index (χ2v) is 8.10. The number of pyridine rings is 1. The molecule has 1 aliphatic rings. The average Bonchev–Trinajstić information content (AvgIpc) is 3.20. The van der Waals surface area contributed by atoms with Gasteiger partial charge in [-0.3, -0.25) is 10.1 Å². The van der Waals surface area contributed by atoms with E-state index in [2.05, 4.69) is 10.3 Å². The van der Waals surface area contributed by atoms with E-state index in [1.165, 1.54) is 7.11 Å². The van der Waals surface area contributed by atoms with Crippen LogP contribution >= 0.6 is 0 Å². The summed E-state index contributed by atoms with van der Waals surface area (Å²) >= 11 is 0. The molecule has 1 amide bonds. The van der Waals surface area contributed by atoms with E-state index < -0.39 is 23.2 Å². The van der Waals surface area contributed by atoms with Crippen LogP contribution in [0.15, 0.2) is 60.8 Å². The summed E-state index contributed by atoms with van der Waals surface area (Å²) in [5.41, 5.74) is 4.08. The fraction of sp³-hybridized carbons (Fsp3) is 0.280. The molecule has 35 heavy (non-hydrogen) atoms. The van der Waals surface area contributed by atoms with Gasteiger partial charge in [-0.05, 0) is 28.7 Å². The molecule has 0 bridgehead atoms. The van der Waals surface area contributed by atoms with Crippen LogP contribution in [0, 0.1) is 10.1 Å². The third kappa shape index (κ3) is 5.08. The number of carbonyl (C=O) groups is 1. The van der Waals surface area contributed by atoms with E-state index in [9.17, 15) is 25.1 Å². The lowest BCUT2D eigenvalue weighted by Gasteiger charge is -2.20. The maximum absolute atomic E-state index is 12.3. The van der Waals surface area contributed by atoms with Gasteiger partial charge in [-0.1, -0.05) is 48.5 Å². The molecule has 3 N–H and O–H groups in total. The first-order valence-electron chi connectivity index (χ1n) is 11.0. The molecule has 10 heteroatoms. The molecule has 2 unspecified atom stereocenters. The first-order valence-corrected chi connectivity index (χ1v) is 11.0. The molecule has 1 aromatic heterocycles. The van der Waals surface area contributed by atoms with E-state index in [4.69, 9.17) is 9.47 Å². The number of fused-ring (bicyclic) bond motifs is 3. The number of carbonyl (C=O) groups excluding carboxylic acids is 1. The Balaban J connectivity index is 1.31. The fourth-order valence-electron chi connectivity index (χ4n) is 4.28. The Morgan fingerprint density at radius 2 is 1.77 bits per heavy atom. The molecule has 4 rings (SSSR count). The highest BCUT2D eigenvalue weighted by Gasteiger charge is 2.29. The highest BCUT2D eigenvalue weighted by atomic mass is 16.6. The first-order chi connectivity index (χ1) is 16.9. The Hall–Kier alpha value is -4.02. The number of rotatable bonds is 9. The smallest absolute Gasteiger partial charge is 0.407 e. The summed E-state index contributed by atoms with van der Waals surface area (Å²) in [6.07, 6.45) is -2.51. The summed E-state index contributed by atoms with van der Waals surface area (Å²) in [6.45, 7) is 0.168. The third-order valence-electron chi connectivity index (χ3n) is 6.00. The van der Waals surface area contributed by atoms with Gasteiger partial charge in [0.05, 0.1) is 23.7 Å². The summed E-state index contributed by atoms with van der Waals surface area (Å²) in [5, 5.41) is 34.4. The molecule has 1 aliphatic carbocycles. The standard InChI is InChI=1S/C25H25N3O7/c1-34-24-20(12-15(13-27-24)28(32)33)23(30)22(29)10-11-26-25(31)35-14-21-18-8-4-2-6-16(18)17-7-3-5-9-19(17)21/h2-9,12-13,21-23,29-30H,10-11,14H2,1H3,(H,26,31). The summed E-state index contributed by atoms with van der Waals surface area (Å²) < 4.78 is 10.5. The summed E-state index contributed by atoms with van der Waals surface area (Å²) in [4.78, 5) is 26.4. The zero-order chi connectivity index (χ0) is 24.9. The van der Waals surface area contributed by atoms with Gasteiger partial charge in [0.25, 0.3) is 5.69 Å². The normalized spacial score (nSPS) is 13.9. The van der Waals surface area contributed by atoms with E-state index >= 15 is 0 Å². The van der Waals surface area contributed by atoms with E-state index in [0.717, 1.165) is 34.5 Å². The Kier molecular flexibility index (Phi) is 7.23. The number of methoxy groups -OCH3 is 1. The van der Waals surface area contributed by atoms with Crippen LogP contribution in [0.25, 0.3) is 11.1 Å². The van der Waals surface area contributed by atoms with Gasteiger partial charge in [0.1, 0.15) is 18.9 Å². The molecule has 10 nitrogen and oxygen atoms in total. The van der Waals surface area contributed by atoms with Crippen molar-refractivity contribution in [3.05, 3.63) is 87.6 Å². The number of aromatic nitrogens is 1. The van der Waals surface area contributed by atoms with Crippen molar-refractivity contribution in [2.75, 3.05) is 20.3 Å². The molecule has 2 atom stereocenters. The van der Waals surface area contributed by atoms with Crippen LogP contribution in [0.2, 0.25) is 0 Å². The topological polar surface area (TPSA) is 144 Å². The number of nitrogens with one attached hydrogen (secondary N) is 1. The number of hydrogen-bond donors (Lipinski definition) is 3. The number of ether oxygens (including phenoxy) is 2. The molecule has 182 valence electrons. The number of hydrogen-bond acceptors (Lipinski definition) is 8. The second kappa shape index (κ2) is 10.5. The number of aliphatic hydroxyl groups is 2. The second-order valence-electron chi connectivity index (χ2n) is 8.10. The fourth-order valence-corrected chi connectivity index (χ4v) is 4.28. The SMILES string of the molecule is COc1ncc([N+](=O)[O-])cc1C(O)C(O)CCNC(=O)OCC1c2ccccc2-c2ccccc21. The summed E-state index contributed by atoms with van der Waals surface area (Å²) in [5.74, 6) is -0.110. The molecule has 0 saturated carbocycles. The molecule has 0 saturated heterocycles. The highest BCUT2D eigenvalue weighted by Crippen LogP contribution is 2.44. The molecule has 1 heterocycles. The minimum atomic E-state index is -1.50. The number of nitrogens with zero attached hydrogens (tertiary/aromatic N) is 2. The van der Waals surface area contributed by atoms with Crippen molar-refractivity contribution in [2.24, 2.45) is 0 Å². The van der Waals surface area contributed by atoms with Gasteiger partial charge in [-0.15, -0.1) is 0 Å². The van der Waals surface area contributed by atoms with Gasteiger partial charge in [0.2, 0.25) is 5.88 Å². The first kappa shape index (κ1) is 24.1.